The zero-order valence-corrected chi connectivity index (χ0v) is 9.29. The number of nitrogen functional groups attached to an aromatic ring is 1. The lowest BCUT2D eigenvalue weighted by atomic mass is 10.1. The van der Waals surface area contributed by atoms with Crippen molar-refractivity contribution in [3.8, 4) is 23.8 Å². The molecule has 0 fully saturated rings. The summed E-state index contributed by atoms with van der Waals surface area (Å²) in [5.74, 6) is 3.28. The SMILES string of the molecule is C#Cc1cccc(-c2nc3c(N)ncnc3o2)c1. The van der Waals surface area contributed by atoms with E-state index in [4.69, 9.17) is 16.6 Å². The first-order valence-corrected chi connectivity index (χ1v) is 5.22. The lowest BCUT2D eigenvalue weighted by molar-refractivity contribution is 0.607. The van der Waals surface area contributed by atoms with Crippen LogP contribution >= 0.6 is 0 Å². The van der Waals surface area contributed by atoms with Crippen molar-refractivity contribution < 1.29 is 4.42 Å². The summed E-state index contributed by atoms with van der Waals surface area (Å²) in [6.07, 6.45) is 6.69. The first-order chi connectivity index (χ1) is 8.78. The van der Waals surface area contributed by atoms with Gasteiger partial charge >= 0.3 is 0 Å². The van der Waals surface area contributed by atoms with E-state index in [0.717, 1.165) is 11.1 Å². The Morgan fingerprint density at radius 2 is 2.17 bits per heavy atom. The highest BCUT2D eigenvalue weighted by atomic mass is 16.4. The molecule has 0 saturated carbocycles. The molecule has 5 nitrogen and oxygen atoms in total. The summed E-state index contributed by atoms with van der Waals surface area (Å²) in [5.41, 5.74) is 8.06. The molecule has 5 heteroatoms. The van der Waals surface area contributed by atoms with Gasteiger partial charge in [0.05, 0.1) is 0 Å². The van der Waals surface area contributed by atoms with E-state index in [-0.39, 0.29) is 0 Å². The lowest BCUT2D eigenvalue weighted by Gasteiger charge is -1.95. The molecule has 0 unspecified atom stereocenters. The molecule has 0 amide bonds. The fraction of sp³-hybridized carbons (Fsp3) is 0. The largest absolute Gasteiger partial charge is 0.417 e. The van der Waals surface area contributed by atoms with Crippen LogP contribution in [0, 0.1) is 12.3 Å². The Labute approximate surface area is 103 Å². The van der Waals surface area contributed by atoms with Gasteiger partial charge in [0.15, 0.2) is 11.3 Å². The molecule has 0 aliphatic carbocycles. The van der Waals surface area contributed by atoms with Crippen LogP contribution < -0.4 is 5.73 Å². The lowest BCUT2D eigenvalue weighted by Crippen LogP contribution is -1.91. The van der Waals surface area contributed by atoms with Crippen molar-refractivity contribution in [3.63, 3.8) is 0 Å². The Morgan fingerprint density at radius 3 is 2.94 bits per heavy atom. The van der Waals surface area contributed by atoms with Crippen LogP contribution in [-0.4, -0.2) is 15.0 Å². The number of rotatable bonds is 1. The van der Waals surface area contributed by atoms with Gasteiger partial charge in [-0.05, 0) is 18.2 Å². The van der Waals surface area contributed by atoms with Crippen molar-refractivity contribution in [2.75, 3.05) is 5.73 Å². The van der Waals surface area contributed by atoms with Gasteiger partial charge in [-0.1, -0.05) is 12.0 Å². The summed E-state index contributed by atoms with van der Waals surface area (Å²) in [4.78, 5) is 12.1. The number of anilines is 1. The Bertz CT molecular complexity index is 770. The maximum absolute atomic E-state index is 5.70. The topological polar surface area (TPSA) is 77.8 Å². The first-order valence-electron chi connectivity index (χ1n) is 5.22. The molecule has 1 aromatic carbocycles. The van der Waals surface area contributed by atoms with Gasteiger partial charge in [0.25, 0.3) is 5.71 Å². The van der Waals surface area contributed by atoms with Crippen molar-refractivity contribution >= 4 is 17.0 Å². The van der Waals surface area contributed by atoms with Crippen molar-refractivity contribution in [1.82, 2.24) is 15.0 Å². The van der Waals surface area contributed by atoms with E-state index in [2.05, 4.69) is 20.9 Å². The standard InChI is InChI=1S/C13H8N4O/c1-2-8-4-3-5-9(6-8)12-17-10-11(14)15-7-16-13(10)18-12/h1,3-7H,(H2,14,15,16). The van der Waals surface area contributed by atoms with Crippen molar-refractivity contribution in [2.24, 2.45) is 0 Å². The normalized spacial score (nSPS) is 10.4. The van der Waals surface area contributed by atoms with E-state index in [1.165, 1.54) is 6.33 Å². The van der Waals surface area contributed by atoms with Gasteiger partial charge in [-0.3, -0.25) is 0 Å². The maximum Gasteiger partial charge on any atom is 0.252 e. The van der Waals surface area contributed by atoms with E-state index < -0.39 is 0 Å². The van der Waals surface area contributed by atoms with Crippen molar-refractivity contribution in [1.29, 1.82) is 0 Å². The van der Waals surface area contributed by atoms with Gasteiger partial charge in [-0.15, -0.1) is 6.42 Å². The number of hydrogen-bond acceptors (Lipinski definition) is 5. The fourth-order valence-electron chi connectivity index (χ4n) is 1.64. The number of oxazole rings is 1. The van der Waals surface area contributed by atoms with Crippen LogP contribution in [-0.2, 0) is 0 Å². The second-order valence-electron chi connectivity index (χ2n) is 3.66. The quantitative estimate of drug-likeness (QED) is 0.652. The molecular formula is C13H8N4O. The Morgan fingerprint density at radius 1 is 1.28 bits per heavy atom. The van der Waals surface area contributed by atoms with Crippen LogP contribution in [0.25, 0.3) is 22.7 Å². The molecule has 0 atom stereocenters. The highest BCUT2D eigenvalue weighted by Crippen LogP contribution is 2.25. The number of hydrogen-bond donors (Lipinski definition) is 1. The van der Waals surface area contributed by atoms with Crippen LogP contribution in [0.3, 0.4) is 0 Å². The molecule has 0 saturated heterocycles. The molecule has 2 heterocycles. The van der Waals surface area contributed by atoms with Crippen LogP contribution in [0.2, 0.25) is 0 Å². The molecule has 0 aliphatic rings. The number of nitrogens with two attached hydrogens (primary N) is 1. The van der Waals surface area contributed by atoms with Gasteiger partial charge in [-0.25, -0.2) is 9.97 Å². The van der Waals surface area contributed by atoms with Crippen LogP contribution in [0.15, 0.2) is 35.0 Å². The molecule has 18 heavy (non-hydrogen) atoms. The van der Waals surface area contributed by atoms with E-state index in [1.54, 1.807) is 0 Å². The molecule has 0 aliphatic heterocycles. The summed E-state index contributed by atoms with van der Waals surface area (Å²) < 4.78 is 5.52. The van der Waals surface area contributed by atoms with Crippen LogP contribution in [0.4, 0.5) is 5.82 Å². The second kappa shape index (κ2) is 3.86. The minimum absolute atomic E-state index is 0.295. The molecule has 0 bridgehead atoms. The predicted molar refractivity (Wildman–Crippen MR) is 67.4 cm³/mol. The number of terminal acetylenes is 1. The van der Waals surface area contributed by atoms with Crippen molar-refractivity contribution in [3.05, 3.63) is 36.2 Å². The summed E-state index contributed by atoms with van der Waals surface area (Å²) in [7, 11) is 0. The van der Waals surface area contributed by atoms with Crippen LogP contribution in [0.1, 0.15) is 5.56 Å². The number of fused-ring (bicyclic) bond motifs is 1. The monoisotopic (exact) mass is 236 g/mol. The highest BCUT2D eigenvalue weighted by Gasteiger charge is 2.11. The molecule has 0 radical (unpaired) electrons. The molecule has 3 aromatic rings. The fourth-order valence-corrected chi connectivity index (χ4v) is 1.64. The van der Waals surface area contributed by atoms with Gasteiger partial charge in [-0.2, -0.15) is 4.98 Å². The van der Waals surface area contributed by atoms with Crippen LogP contribution in [0.5, 0.6) is 0 Å². The third-order valence-corrected chi connectivity index (χ3v) is 2.50. The Kier molecular flexibility index (Phi) is 2.21. The third kappa shape index (κ3) is 1.57. The summed E-state index contributed by atoms with van der Waals surface area (Å²) in [6, 6.07) is 7.35. The molecule has 86 valence electrons. The number of aromatic nitrogens is 3. The first kappa shape index (κ1) is 10.3. The van der Waals surface area contributed by atoms with E-state index >= 15 is 0 Å². The summed E-state index contributed by atoms with van der Waals surface area (Å²) in [5, 5.41) is 0. The van der Waals surface area contributed by atoms with Gasteiger partial charge in [0.2, 0.25) is 5.89 Å². The van der Waals surface area contributed by atoms with Gasteiger partial charge < -0.3 is 10.2 Å². The number of nitrogens with zero attached hydrogens (tertiary/aromatic N) is 3. The molecule has 2 N–H and O–H groups in total. The summed E-state index contributed by atoms with van der Waals surface area (Å²) in [6.45, 7) is 0. The zero-order chi connectivity index (χ0) is 12.5. The average Bonchev–Trinajstić information content (AvgIpc) is 2.84. The van der Waals surface area contributed by atoms with Gasteiger partial charge in [0.1, 0.15) is 6.33 Å². The predicted octanol–water partition coefficient (Wildman–Crippen LogP) is 1.85. The van der Waals surface area contributed by atoms with Gasteiger partial charge in [0, 0.05) is 11.1 Å². The van der Waals surface area contributed by atoms with E-state index in [9.17, 15) is 0 Å². The smallest absolute Gasteiger partial charge is 0.252 e. The number of benzene rings is 1. The minimum Gasteiger partial charge on any atom is -0.417 e. The third-order valence-electron chi connectivity index (χ3n) is 2.50. The molecule has 2 aromatic heterocycles. The Hall–Kier alpha value is -2.87. The van der Waals surface area contributed by atoms with E-state index in [0.29, 0.717) is 22.9 Å². The minimum atomic E-state index is 0.295. The van der Waals surface area contributed by atoms with Crippen molar-refractivity contribution in [2.45, 2.75) is 0 Å². The Balaban J connectivity index is 2.20. The average molecular weight is 236 g/mol. The molecule has 3 rings (SSSR count). The maximum atomic E-state index is 5.70. The second-order valence-corrected chi connectivity index (χ2v) is 3.66. The zero-order valence-electron chi connectivity index (χ0n) is 9.29. The molecular weight excluding hydrogens is 228 g/mol. The highest BCUT2D eigenvalue weighted by molar-refractivity contribution is 5.81. The molecule has 0 spiro atoms. The summed E-state index contributed by atoms with van der Waals surface area (Å²) >= 11 is 0. The van der Waals surface area contributed by atoms with E-state index in [1.807, 2.05) is 24.3 Å².